The third-order valence-electron chi connectivity index (χ3n) is 2.45. The molecule has 1 aromatic rings. The van der Waals surface area contributed by atoms with Crippen molar-refractivity contribution < 1.29 is 4.79 Å². The lowest BCUT2D eigenvalue weighted by molar-refractivity contribution is -0.126. The largest absolute Gasteiger partial charge is 0.310 e. The highest BCUT2D eigenvalue weighted by molar-refractivity contribution is 6.09. The Morgan fingerprint density at radius 2 is 1.83 bits per heavy atom. The van der Waals surface area contributed by atoms with Gasteiger partial charge in [0.1, 0.15) is 5.84 Å². The molecule has 0 unspecified atom stereocenters. The lowest BCUT2D eigenvalue weighted by Gasteiger charge is -2.19. The predicted octanol–water partition coefficient (Wildman–Crippen LogP) is 3.01. The zero-order valence-corrected chi connectivity index (χ0v) is 11.7. The van der Waals surface area contributed by atoms with Crippen LogP contribution in [0.4, 0.5) is 0 Å². The van der Waals surface area contributed by atoms with Gasteiger partial charge < -0.3 is 5.32 Å². The summed E-state index contributed by atoms with van der Waals surface area (Å²) < 4.78 is 0. The van der Waals surface area contributed by atoms with E-state index in [9.17, 15) is 4.79 Å². The second-order valence-electron chi connectivity index (χ2n) is 5.30. The molecule has 0 aromatic heterocycles. The van der Waals surface area contributed by atoms with Crippen LogP contribution >= 0.6 is 0 Å². The molecule has 0 fully saturated rings. The molecule has 1 amide bonds. The quantitative estimate of drug-likeness (QED) is 0.646. The van der Waals surface area contributed by atoms with Gasteiger partial charge in [0.2, 0.25) is 5.91 Å². The summed E-state index contributed by atoms with van der Waals surface area (Å²) in [7, 11) is 0. The van der Waals surface area contributed by atoms with Gasteiger partial charge in [0.15, 0.2) is 0 Å². The number of hydrogen-bond donors (Lipinski definition) is 1. The zero-order valence-electron chi connectivity index (χ0n) is 11.7. The van der Waals surface area contributed by atoms with Crippen LogP contribution in [0.1, 0.15) is 39.7 Å². The first-order chi connectivity index (χ1) is 8.45. The number of hydrogen-bond acceptors (Lipinski definition) is 2. The number of amidine groups is 1. The minimum Gasteiger partial charge on any atom is -0.310 e. The lowest BCUT2D eigenvalue weighted by Crippen LogP contribution is -2.39. The Bertz CT molecular complexity index is 416. The molecule has 0 atom stereocenters. The summed E-state index contributed by atoms with van der Waals surface area (Å²) in [4.78, 5) is 16.5. The van der Waals surface area contributed by atoms with E-state index in [1.165, 1.54) is 0 Å². The van der Waals surface area contributed by atoms with Crippen molar-refractivity contribution in [2.45, 2.75) is 34.1 Å². The number of benzene rings is 1. The summed E-state index contributed by atoms with van der Waals surface area (Å²) in [5, 5.41) is 2.92. The monoisotopic (exact) mass is 246 g/mol. The number of nitrogens with one attached hydrogen (secondary N) is 1. The third kappa shape index (κ3) is 4.32. The molecular formula is C15H22N2O. The van der Waals surface area contributed by atoms with E-state index in [1.54, 1.807) is 0 Å². The Kier molecular flexibility index (Phi) is 5.08. The van der Waals surface area contributed by atoms with Crippen LogP contribution in [0.25, 0.3) is 0 Å². The summed E-state index contributed by atoms with van der Waals surface area (Å²) in [6.45, 7) is 8.46. The second-order valence-corrected chi connectivity index (χ2v) is 5.30. The van der Waals surface area contributed by atoms with Crippen LogP contribution < -0.4 is 5.32 Å². The molecule has 0 aliphatic carbocycles. The highest BCUT2D eigenvalue weighted by Crippen LogP contribution is 2.13. The van der Waals surface area contributed by atoms with Crippen molar-refractivity contribution in [1.82, 2.24) is 5.32 Å². The predicted molar refractivity (Wildman–Crippen MR) is 75.7 cm³/mol. The molecule has 0 spiro atoms. The first-order valence-corrected chi connectivity index (χ1v) is 6.36. The average molecular weight is 246 g/mol. The fourth-order valence-corrected chi connectivity index (χ4v) is 1.32. The topological polar surface area (TPSA) is 41.5 Å². The van der Waals surface area contributed by atoms with Gasteiger partial charge in [0.25, 0.3) is 0 Å². The molecule has 0 radical (unpaired) electrons. The Morgan fingerprint density at radius 3 is 2.33 bits per heavy atom. The fourth-order valence-electron chi connectivity index (χ4n) is 1.32. The molecular weight excluding hydrogens is 224 g/mol. The van der Waals surface area contributed by atoms with Crippen molar-refractivity contribution in [3.8, 4) is 0 Å². The second kappa shape index (κ2) is 6.34. The van der Waals surface area contributed by atoms with E-state index in [0.717, 1.165) is 12.0 Å². The highest BCUT2D eigenvalue weighted by atomic mass is 16.2. The Morgan fingerprint density at radius 1 is 1.22 bits per heavy atom. The molecule has 0 aliphatic heterocycles. The minimum absolute atomic E-state index is 0.0128. The van der Waals surface area contributed by atoms with E-state index >= 15 is 0 Å². The molecule has 18 heavy (non-hydrogen) atoms. The molecule has 0 bridgehead atoms. The number of nitrogens with zero attached hydrogens (tertiary/aromatic N) is 1. The molecule has 98 valence electrons. The molecule has 0 saturated carbocycles. The van der Waals surface area contributed by atoms with Crippen molar-refractivity contribution in [3.63, 3.8) is 0 Å². The summed E-state index contributed by atoms with van der Waals surface area (Å²) in [6, 6.07) is 9.75. The van der Waals surface area contributed by atoms with Crippen molar-refractivity contribution in [3.05, 3.63) is 35.9 Å². The maximum atomic E-state index is 12.0. The van der Waals surface area contributed by atoms with Crippen LogP contribution in [0.15, 0.2) is 35.3 Å². The minimum atomic E-state index is -0.415. The summed E-state index contributed by atoms with van der Waals surface area (Å²) in [5.41, 5.74) is 0.533. The smallest absolute Gasteiger partial charge is 0.230 e. The van der Waals surface area contributed by atoms with E-state index in [4.69, 9.17) is 0 Å². The Hall–Kier alpha value is -1.64. The molecule has 1 N–H and O–H groups in total. The van der Waals surface area contributed by atoms with Gasteiger partial charge in [-0.25, -0.2) is 0 Å². The molecule has 0 heterocycles. The van der Waals surface area contributed by atoms with Crippen molar-refractivity contribution in [1.29, 1.82) is 0 Å². The lowest BCUT2D eigenvalue weighted by atomic mass is 9.95. The van der Waals surface area contributed by atoms with Gasteiger partial charge >= 0.3 is 0 Å². The summed E-state index contributed by atoms with van der Waals surface area (Å²) in [5.74, 6) is 0.651. The van der Waals surface area contributed by atoms with Crippen molar-refractivity contribution in [2.75, 3.05) is 6.54 Å². The first kappa shape index (κ1) is 14.4. The average Bonchev–Trinajstić information content (AvgIpc) is 2.34. The van der Waals surface area contributed by atoms with Gasteiger partial charge in [0, 0.05) is 17.5 Å². The first-order valence-electron chi connectivity index (χ1n) is 6.36. The SMILES string of the molecule is CCCN=C(NC(=O)C(C)(C)C)c1ccccc1. The van der Waals surface area contributed by atoms with Gasteiger partial charge in [-0.3, -0.25) is 9.79 Å². The van der Waals surface area contributed by atoms with E-state index < -0.39 is 5.41 Å². The molecule has 3 heteroatoms. The van der Waals surface area contributed by atoms with Crippen molar-refractivity contribution in [2.24, 2.45) is 10.4 Å². The normalized spacial score (nSPS) is 12.3. The van der Waals surface area contributed by atoms with E-state index in [2.05, 4.69) is 17.2 Å². The van der Waals surface area contributed by atoms with E-state index in [1.807, 2.05) is 51.1 Å². The molecule has 1 rings (SSSR count). The van der Waals surface area contributed by atoms with E-state index in [0.29, 0.717) is 12.4 Å². The van der Waals surface area contributed by atoms with E-state index in [-0.39, 0.29) is 5.91 Å². The third-order valence-corrected chi connectivity index (χ3v) is 2.45. The molecule has 0 aliphatic rings. The zero-order chi connectivity index (χ0) is 13.6. The maximum absolute atomic E-state index is 12.0. The van der Waals surface area contributed by atoms with Crippen LogP contribution in [0.3, 0.4) is 0 Å². The summed E-state index contributed by atoms with van der Waals surface area (Å²) >= 11 is 0. The van der Waals surface area contributed by atoms with Crippen LogP contribution in [-0.4, -0.2) is 18.3 Å². The van der Waals surface area contributed by atoms with Crippen LogP contribution in [0.2, 0.25) is 0 Å². The number of carbonyl (C=O) groups is 1. The molecule has 3 nitrogen and oxygen atoms in total. The van der Waals surface area contributed by atoms with Crippen LogP contribution in [0, 0.1) is 5.41 Å². The number of aliphatic imine (C=N–C) groups is 1. The number of carbonyl (C=O) groups excluding carboxylic acids is 1. The highest BCUT2D eigenvalue weighted by Gasteiger charge is 2.22. The summed E-state index contributed by atoms with van der Waals surface area (Å²) in [6.07, 6.45) is 0.960. The van der Waals surface area contributed by atoms with Crippen molar-refractivity contribution >= 4 is 11.7 Å². The van der Waals surface area contributed by atoms with Gasteiger partial charge in [-0.05, 0) is 6.42 Å². The van der Waals surface area contributed by atoms with Gasteiger partial charge in [-0.2, -0.15) is 0 Å². The Balaban J connectivity index is 2.91. The van der Waals surface area contributed by atoms with Gasteiger partial charge in [0.05, 0.1) is 0 Å². The molecule has 0 saturated heterocycles. The molecule has 1 aromatic carbocycles. The van der Waals surface area contributed by atoms with Gasteiger partial charge in [-0.15, -0.1) is 0 Å². The maximum Gasteiger partial charge on any atom is 0.230 e. The Labute approximate surface area is 109 Å². The van der Waals surface area contributed by atoms with Crippen LogP contribution in [0.5, 0.6) is 0 Å². The van der Waals surface area contributed by atoms with Gasteiger partial charge in [-0.1, -0.05) is 58.0 Å². The fraction of sp³-hybridized carbons (Fsp3) is 0.467. The number of amides is 1. The standard InChI is InChI=1S/C15H22N2O/c1-5-11-16-13(12-9-7-6-8-10-12)17-14(18)15(2,3)4/h6-10H,5,11H2,1-4H3,(H,16,17,18). The van der Waals surface area contributed by atoms with Crippen LogP contribution in [-0.2, 0) is 4.79 Å². The number of rotatable bonds is 3.